The van der Waals surface area contributed by atoms with Gasteiger partial charge in [-0.15, -0.1) is 0 Å². The normalized spacial score (nSPS) is 14.2. The van der Waals surface area contributed by atoms with E-state index >= 15 is 0 Å². The van der Waals surface area contributed by atoms with E-state index in [4.69, 9.17) is 5.73 Å². The average Bonchev–Trinajstić information content (AvgIpc) is 2.02. The molecule has 0 fully saturated rings. The average molecular weight is 209 g/mol. The highest BCUT2D eigenvalue weighted by Crippen LogP contribution is 2.15. The van der Waals surface area contributed by atoms with Crippen LogP contribution >= 0.6 is 0 Å². The van der Waals surface area contributed by atoms with Gasteiger partial charge in [-0.2, -0.15) is 17.0 Å². The van der Waals surface area contributed by atoms with Crippen molar-refractivity contribution in [3.8, 4) is 0 Å². The van der Waals surface area contributed by atoms with Crippen molar-refractivity contribution in [2.75, 3.05) is 27.7 Å². The predicted octanol–water partition coefficient (Wildman–Crippen LogP) is -0.538. The van der Waals surface area contributed by atoms with Crippen molar-refractivity contribution in [3.05, 3.63) is 0 Å². The molecule has 5 nitrogen and oxygen atoms in total. The van der Waals surface area contributed by atoms with Crippen molar-refractivity contribution in [1.82, 2.24) is 8.61 Å². The number of hydrogen-bond acceptors (Lipinski definition) is 3. The lowest BCUT2D eigenvalue weighted by Gasteiger charge is -2.34. The van der Waals surface area contributed by atoms with E-state index in [1.165, 1.54) is 29.8 Å². The van der Waals surface area contributed by atoms with Crippen molar-refractivity contribution in [1.29, 1.82) is 0 Å². The predicted molar refractivity (Wildman–Crippen MR) is 53.5 cm³/mol. The fourth-order valence-corrected chi connectivity index (χ4v) is 1.87. The second kappa shape index (κ2) is 3.91. The van der Waals surface area contributed by atoms with Crippen LogP contribution in [0.5, 0.6) is 0 Å². The first kappa shape index (κ1) is 12.8. The first-order valence-electron chi connectivity index (χ1n) is 4.03. The van der Waals surface area contributed by atoms with Gasteiger partial charge in [0.25, 0.3) is 10.2 Å². The number of likely N-dealkylation sites (N-methyl/N-ethyl adjacent to an activating group) is 1. The van der Waals surface area contributed by atoms with Gasteiger partial charge in [0.1, 0.15) is 0 Å². The van der Waals surface area contributed by atoms with Crippen molar-refractivity contribution >= 4 is 10.2 Å². The van der Waals surface area contributed by atoms with Gasteiger partial charge in [0, 0.05) is 33.2 Å². The zero-order valence-electron chi connectivity index (χ0n) is 8.90. The third-order valence-electron chi connectivity index (χ3n) is 2.16. The quantitative estimate of drug-likeness (QED) is 0.676. The monoisotopic (exact) mass is 209 g/mol. The van der Waals surface area contributed by atoms with Gasteiger partial charge in [0.05, 0.1) is 0 Å². The maximum Gasteiger partial charge on any atom is 0.281 e. The van der Waals surface area contributed by atoms with Crippen molar-refractivity contribution in [2.45, 2.75) is 19.4 Å². The summed E-state index contributed by atoms with van der Waals surface area (Å²) in [5, 5.41) is 0. The van der Waals surface area contributed by atoms with Gasteiger partial charge in [-0.25, -0.2) is 0 Å². The molecule has 0 aromatic heterocycles. The van der Waals surface area contributed by atoms with Crippen molar-refractivity contribution < 1.29 is 8.42 Å². The largest absolute Gasteiger partial charge is 0.329 e. The summed E-state index contributed by atoms with van der Waals surface area (Å²) in [5.41, 5.74) is 4.93. The molecule has 0 aromatic rings. The summed E-state index contributed by atoms with van der Waals surface area (Å²) in [6.45, 7) is 3.86. The zero-order chi connectivity index (χ0) is 10.9. The van der Waals surface area contributed by atoms with E-state index in [0.29, 0.717) is 0 Å². The molecule has 0 atom stereocenters. The molecular formula is C7H19N3O2S. The zero-order valence-corrected chi connectivity index (χ0v) is 9.72. The fraction of sp³-hybridized carbons (Fsp3) is 1.00. The first-order chi connectivity index (χ1) is 5.66. The molecule has 6 heteroatoms. The molecule has 0 bridgehead atoms. The smallest absolute Gasteiger partial charge is 0.281 e. The van der Waals surface area contributed by atoms with Crippen LogP contribution in [0.4, 0.5) is 0 Å². The minimum absolute atomic E-state index is 0.288. The molecule has 0 saturated carbocycles. The van der Waals surface area contributed by atoms with E-state index in [-0.39, 0.29) is 6.54 Å². The van der Waals surface area contributed by atoms with Crippen LogP contribution in [0.3, 0.4) is 0 Å². The minimum atomic E-state index is -3.36. The summed E-state index contributed by atoms with van der Waals surface area (Å²) in [7, 11) is 1.17. The molecule has 0 rings (SSSR count). The maximum atomic E-state index is 11.6. The molecule has 13 heavy (non-hydrogen) atoms. The van der Waals surface area contributed by atoms with Gasteiger partial charge < -0.3 is 5.73 Å². The van der Waals surface area contributed by atoms with Crippen molar-refractivity contribution in [3.63, 3.8) is 0 Å². The summed E-state index contributed by atoms with van der Waals surface area (Å²) in [6, 6.07) is 0. The maximum absolute atomic E-state index is 11.6. The molecule has 2 N–H and O–H groups in total. The SMILES string of the molecule is CN(C)S(=O)(=O)N(C)C(C)(C)CN. The molecule has 0 aromatic carbocycles. The Morgan fingerprint density at radius 1 is 1.23 bits per heavy atom. The van der Waals surface area contributed by atoms with E-state index in [9.17, 15) is 8.42 Å². The Bertz CT molecular complexity index is 259. The molecule has 0 spiro atoms. The number of rotatable bonds is 4. The third kappa shape index (κ3) is 2.63. The number of nitrogens with zero attached hydrogens (tertiary/aromatic N) is 2. The summed E-state index contributed by atoms with van der Waals surface area (Å²) >= 11 is 0. The molecule has 0 heterocycles. The van der Waals surface area contributed by atoms with Gasteiger partial charge in [0.15, 0.2) is 0 Å². The summed E-state index contributed by atoms with van der Waals surface area (Å²) in [4.78, 5) is 0. The van der Waals surface area contributed by atoms with E-state index in [1.54, 1.807) is 13.8 Å². The summed E-state index contributed by atoms with van der Waals surface area (Å²) in [6.07, 6.45) is 0. The Labute approximate surface area is 80.7 Å². The van der Waals surface area contributed by atoms with Gasteiger partial charge in [-0.3, -0.25) is 0 Å². The molecule has 0 unspecified atom stereocenters. The summed E-state index contributed by atoms with van der Waals surface area (Å²) in [5.74, 6) is 0. The van der Waals surface area contributed by atoms with Crippen LogP contribution in [0.15, 0.2) is 0 Å². The number of hydrogen-bond donors (Lipinski definition) is 1. The Morgan fingerprint density at radius 3 is 1.85 bits per heavy atom. The molecular weight excluding hydrogens is 190 g/mol. The van der Waals surface area contributed by atoms with Crippen LogP contribution in [0.1, 0.15) is 13.8 Å². The van der Waals surface area contributed by atoms with E-state index < -0.39 is 15.7 Å². The van der Waals surface area contributed by atoms with Gasteiger partial charge in [-0.1, -0.05) is 0 Å². The second-order valence-corrected chi connectivity index (χ2v) is 5.95. The van der Waals surface area contributed by atoms with Gasteiger partial charge >= 0.3 is 0 Å². The number of nitrogens with two attached hydrogens (primary N) is 1. The molecule has 0 aliphatic heterocycles. The topological polar surface area (TPSA) is 66.6 Å². The van der Waals surface area contributed by atoms with Crippen molar-refractivity contribution in [2.24, 2.45) is 5.73 Å². The summed E-state index contributed by atoms with van der Waals surface area (Å²) < 4.78 is 25.7. The fourth-order valence-electron chi connectivity index (χ4n) is 0.686. The first-order valence-corrected chi connectivity index (χ1v) is 5.42. The molecule has 0 aliphatic carbocycles. The second-order valence-electron chi connectivity index (χ2n) is 3.77. The van der Waals surface area contributed by atoms with Crippen LogP contribution in [-0.4, -0.2) is 50.3 Å². The highest BCUT2D eigenvalue weighted by atomic mass is 32.2. The lowest BCUT2D eigenvalue weighted by atomic mass is 10.1. The van der Waals surface area contributed by atoms with E-state index in [1.807, 2.05) is 0 Å². The molecule has 0 radical (unpaired) electrons. The lowest BCUT2D eigenvalue weighted by Crippen LogP contribution is -2.53. The van der Waals surface area contributed by atoms with Crippen LogP contribution < -0.4 is 5.73 Å². The van der Waals surface area contributed by atoms with Crippen LogP contribution in [0.25, 0.3) is 0 Å². The molecule has 0 aliphatic rings. The Kier molecular flexibility index (Phi) is 3.86. The van der Waals surface area contributed by atoms with Gasteiger partial charge in [0.2, 0.25) is 0 Å². The van der Waals surface area contributed by atoms with Gasteiger partial charge in [-0.05, 0) is 13.8 Å². The Balaban J connectivity index is 4.91. The highest BCUT2D eigenvalue weighted by Gasteiger charge is 2.32. The highest BCUT2D eigenvalue weighted by molar-refractivity contribution is 7.86. The van der Waals surface area contributed by atoms with Crippen LogP contribution in [0, 0.1) is 0 Å². The molecule has 80 valence electrons. The van der Waals surface area contributed by atoms with Crippen LogP contribution in [0.2, 0.25) is 0 Å². The molecule has 0 amide bonds. The van der Waals surface area contributed by atoms with Crippen LogP contribution in [-0.2, 0) is 10.2 Å². The molecule has 0 saturated heterocycles. The third-order valence-corrected chi connectivity index (χ3v) is 4.27. The Morgan fingerprint density at radius 2 is 1.62 bits per heavy atom. The lowest BCUT2D eigenvalue weighted by molar-refractivity contribution is 0.259. The Hall–Kier alpha value is -0.170. The standard InChI is InChI=1S/C7H19N3O2S/c1-7(2,6-8)10(5)13(11,12)9(3)4/h6,8H2,1-5H3. The van der Waals surface area contributed by atoms with E-state index in [2.05, 4.69) is 0 Å². The van der Waals surface area contributed by atoms with E-state index in [0.717, 1.165) is 0 Å². The minimum Gasteiger partial charge on any atom is -0.329 e.